The molecule has 4 heteroatoms. The van der Waals surface area contributed by atoms with Crippen LogP contribution in [0.5, 0.6) is 0 Å². The summed E-state index contributed by atoms with van der Waals surface area (Å²) in [5.74, 6) is -0.171. The van der Waals surface area contributed by atoms with Crippen LogP contribution in [-0.4, -0.2) is 24.8 Å². The van der Waals surface area contributed by atoms with Gasteiger partial charge in [-0.2, -0.15) is 0 Å². The first kappa shape index (κ1) is 17.5. The molecule has 0 spiro atoms. The highest BCUT2D eigenvalue weighted by atomic mass is 35.5. The highest BCUT2D eigenvalue weighted by Crippen LogP contribution is 2.29. The molecule has 122 valence electrons. The molecule has 0 aromatic heterocycles. The van der Waals surface area contributed by atoms with E-state index in [0.717, 1.165) is 28.9 Å². The third-order valence-electron chi connectivity index (χ3n) is 3.93. The van der Waals surface area contributed by atoms with E-state index in [-0.39, 0.29) is 5.82 Å². The van der Waals surface area contributed by atoms with Gasteiger partial charge in [0.2, 0.25) is 0 Å². The summed E-state index contributed by atoms with van der Waals surface area (Å²) in [5, 5.41) is 0.610. The van der Waals surface area contributed by atoms with Crippen LogP contribution >= 0.6 is 11.6 Å². The summed E-state index contributed by atoms with van der Waals surface area (Å²) in [6, 6.07) is 9.25. The maximum Gasteiger partial charge on any atom is 0.126 e. The van der Waals surface area contributed by atoms with Crippen LogP contribution in [0, 0.1) is 19.7 Å². The van der Waals surface area contributed by atoms with Gasteiger partial charge in [-0.25, -0.2) is 9.38 Å². The van der Waals surface area contributed by atoms with Crippen molar-refractivity contribution in [1.29, 1.82) is 0 Å². The molecule has 2 aromatic carbocycles. The normalized spacial score (nSPS) is 11.2. The number of hydrogen-bond donors (Lipinski definition) is 0. The number of rotatable bonds is 5. The average molecular weight is 333 g/mol. The molecule has 2 aromatic rings. The van der Waals surface area contributed by atoms with Crippen LogP contribution in [0.2, 0.25) is 5.02 Å². The Kier molecular flexibility index (Phi) is 5.78. The van der Waals surface area contributed by atoms with E-state index in [2.05, 4.69) is 11.9 Å². The van der Waals surface area contributed by atoms with E-state index >= 15 is 0 Å². The molecule has 0 atom stereocenters. The van der Waals surface area contributed by atoms with Gasteiger partial charge in [-0.1, -0.05) is 23.7 Å². The van der Waals surface area contributed by atoms with Crippen LogP contribution in [0.15, 0.2) is 35.3 Å². The van der Waals surface area contributed by atoms with E-state index in [1.807, 2.05) is 37.1 Å². The molecule has 0 heterocycles. The van der Waals surface area contributed by atoms with Crippen LogP contribution in [0.25, 0.3) is 0 Å². The molecule has 0 bridgehead atoms. The molecule has 0 N–H and O–H groups in total. The van der Waals surface area contributed by atoms with Crippen LogP contribution in [0.4, 0.5) is 10.1 Å². The zero-order chi connectivity index (χ0) is 17.0. The largest absolute Gasteiger partial charge is 0.366 e. The first-order valence-corrected chi connectivity index (χ1v) is 8.07. The number of halogens is 2. The van der Waals surface area contributed by atoms with E-state index in [1.54, 1.807) is 25.4 Å². The van der Waals surface area contributed by atoms with E-state index in [1.165, 1.54) is 0 Å². The van der Waals surface area contributed by atoms with Crippen molar-refractivity contribution in [3.8, 4) is 0 Å². The lowest BCUT2D eigenvalue weighted by Gasteiger charge is -2.11. The minimum absolute atomic E-state index is 0.171. The van der Waals surface area contributed by atoms with Crippen molar-refractivity contribution in [2.45, 2.75) is 27.2 Å². The molecular formula is C19H22ClFN2. The highest BCUT2D eigenvalue weighted by molar-refractivity contribution is 6.33. The molecule has 0 fully saturated rings. The number of hydrogen-bond acceptors (Lipinski definition) is 1. The number of aliphatic imine (C=N–C) groups is 1. The van der Waals surface area contributed by atoms with Crippen molar-refractivity contribution in [2.75, 3.05) is 13.6 Å². The van der Waals surface area contributed by atoms with Crippen molar-refractivity contribution in [3.63, 3.8) is 0 Å². The third-order valence-corrected chi connectivity index (χ3v) is 4.23. The maximum atomic E-state index is 13.7. The molecular weight excluding hydrogens is 311 g/mol. The Labute approximate surface area is 142 Å². The van der Waals surface area contributed by atoms with Gasteiger partial charge in [-0.15, -0.1) is 0 Å². The molecule has 2 nitrogen and oxygen atoms in total. The van der Waals surface area contributed by atoms with E-state index in [9.17, 15) is 4.39 Å². The number of benzene rings is 2. The highest BCUT2D eigenvalue weighted by Gasteiger charge is 2.08. The third kappa shape index (κ3) is 4.55. The van der Waals surface area contributed by atoms with Crippen LogP contribution in [0.3, 0.4) is 0 Å². The lowest BCUT2D eigenvalue weighted by Crippen LogP contribution is -2.14. The topological polar surface area (TPSA) is 15.6 Å². The SMILES string of the molecule is CCN(C)/C=N\c1cc(C)c(Cc2ccc(C)c(F)c2)cc1Cl. The van der Waals surface area contributed by atoms with Crippen molar-refractivity contribution in [3.05, 3.63) is 63.4 Å². The maximum absolute atomic E-state index is 13.7. The smallest absolute Gasteiger partial charge is 0.126 e. The van der Waals surface area contributed by atoms with Crippen molar-refractivity contribution in [2.24, 2.45) is 4.99 Å². The summed E-state index contributed by atoms with van der Waals surface area (Å²) in [7, 11) is 1.96. The predicted octanol–water partition coefficient (Wildman–Crippen LogP) is 5.30. The zero-order valence-corrected chi connectivity index (χ0v) is 14.8. The van der Waals surface area contributed by atoms with Crippen LogP contribution in [-0.2, 0) is 6.42 Å². The summed E-state index contributed by atoms with van der Waals surface area (Å²) in [6.07, 6.45) is 2.43. The first-order chi connectivity index (χ1) is 10.9. The lowest BCUT2D eigenvalue weighted by molar-refractivity contribution is 0.552. The van der Waals surface area contributed by atoms with Gasteiger partial charge in [0.25, 0.3) is 0 Å². The van der Waals surface area contributed by atoms with E-state index < -0.39 is 0 Å². The molecule has 2 rings (SSSR count). The van der Waals surface area contributed by atoms with E-state index in [0.29, 0.717) is 17.0 Å². The molecule has 0 aliphatic carbocycles. The van der Waals surface area contributed by atoms with E-state index in [4.69, 9.17) is 11.6 Å². The fourth-order valence-electron chi connectivity index (χ4n) is 2.21. The van der Waals surface area contributed by atoms with Gasteiger partial charge in [0.1, 0.15) is 5.82 Å². The fraction of sp³-hybridized carbons (Fsp3) is 0.316. The monoisotopic (exact) mass is 332 g/mol. The minimum atomic E-state index is -0.171. The van der Waals surface area contributed by atoms with Gasteiger partial charge in [0, 0.05) is 13.6 Å². The Bertz CT molecular complexity index is 726. The standard InChI is InChI=1S/C19H22ClFN2/c1-5-23(4)12-22-19-8-14(3)16(11-17(19)20)9-15-7-6-13(2)18(21)10-15/h6-8,10-12H,5,9H2,1-4H3/b22-12-. The molecule has 0 saturated heterocycles. The van der Waals surface area contributed by atoms with Gasteiger partial charge in [-0.05, 0) is 67.6 Å². The van der Waals surface area contributed by atoms with Crippen molar-refractivity contribution >= 4 is 23.6 Å². The summed E-state index contributed by atoms with van der Waals surface area (Å²) in [4.78, 5) is 6.40. The van der Waals surface area contributed by atoms with Crippen molar-refractivity contribution < 1.29 is 4.39 Å². The first-order valence-electron chi connectivity index (χ1n) is 7.69. The predicted molar refractivity (Wildman–Crippen MR) is 96.6 cm³/mol. The minimum Gasteiger partial charge on any atom is -0.366 e. The van der Waals surface area contributed by atoms with Crippen LogP contribution in [0.1, 0.15) is 29.2 Å². The Morgan fingerprint density at radius 1 is 1.17 bits per heavy atom. The molecule has 23 heavy (non-hydrogen) atoms. The molecule has 0 unspecified atom stereocenters. The Morgan fingerprint density at radius 3 is 2.57 bits per heavy atom. The molecule has 0 amide bonds. The molecule has 0 aliphatic rings. The molecule has 0 radical (unpaired) electrons. The quantitative estimate of drug-likeness (QED) is 0.536. The van der Waals surface area contributed by atoms with Gasteiger partial charge in [0.05, 0.1) is 17.0 Å². The Hall–Kier alpha value is -1.87. The second-order valence-corrected chi connectivity index (χ2v) is 6.22. The molecule has 0 aliphatic heterocycles. The Balaban J connectivity index is 2.25. The average Bonchev–Trinajstić information content (AvgIpc) is 2.52. The fourth-order valence-corrected chi connectivity index (χ4v) is 2.44. The summed E-state index contributed by atoms with van der Waals surface area (Å²) < 4.78 is 13.7. The van der Waals surface area contributed by atoms with Gasteiger partial charge >= 0.3 is 0 Å². The number of aryl methyl sites for hydroxylation is 2. The summed E-state index contributed by atoms with van der Waals surface area (Å²) in [6.45, 7) is 6.74. The second-order valence-electron chi connectivity index (χ2n) is 5.81. The van der Waals surface area contributed by atoms with Gasteiger partial charge in [0.15, 0.2) is 0 Å². The second kappa shape index (κ2) is 7.60. The van der Waals surface area contributed by atoms with Gasteiger partial charge in [-0.3, -0.25) is 0 Å². The Morgan fingerprint density at radius 2 is 1.91 bits per heavy atom. The van der Waals surface area contributed by atoms with Gasteiger partial charge < -0.3 is 4.90 Å². The van der Waals surface area contributed by atoms with Crippen LogP contribution < -0.4 is 0 Å². The summed E-state index contributed by atoms with van der Waals surface area (Å²) in [5.41, 5.74) is 4.54. The number of nitrogens with zero attached hydrogens (tertiary/aromatic N) is 2. The van der Waals surface area contributed by atoms with Crippen molar-refractivity contribution in [1.82, 2.24) is 4.90 Å². The summed E-state index contributed by atoms with van der Waals surface area (Å²) >= 11 is 6.34. The zero-order valence-electron chi connectivity index (χ0n) is 14.0. The molecule has 0 saturated carbocycles. The lowest BCUT2D eigenvalue weighted by atomic mass is 9.99.